The van der Waals surface area contributed by atoms with E-state index in [9.17, 15) is 23.0 Å². The number of carbonyl (C=O) groups is 1. The van der Waals surface area contributed by atoms with Crippen molar-refractivity contribution in [2.24, 2.45) is 0 Å². The lowest BCUT2D eigenvalue weighted by atomic mass is 9.68. The second-order valence-electron chi connectivity index (χ2n) is 8.91. The molecular weight excluding hydrogens is 505 g/mol. The molecular formula is C31H27F2O4P. The summed E-state index contributed by atoms with van der Waals surface area (Å²) in [6.07, 6.45) is 1.17. The van der Waals surface area contributed by atoms with Crippen LogP contribution in [0, 0.1) is 0 Å². The molecule has 0 amide bonds. The maximum Gasteiger partial charge on any atom is 0.442 e. The predicted octanol–water partition coefficient (Wildman–Crippen LogP) is 7.94. The second-order valence-corrected chi connectivity index (χ2v) is 10.6. The summed E-state index contributed by atoms with van der Waals surface area (Å²) < 4.78 is 41.8. The van der Waals surface area contributed by atoms with Gasteiger partial charge in [-0.15, -0.1) is 0 Å². The summed E-state index contributed by atoms with van der Waals surface area (Å²) in [4.78, 5) is 23.6. The molecule has 38 heavy (non-hydrogen) atoms. The molecule has 0 saturated carbocycles. The average Bonchev–Trinajstić information content (AvgIpc) is 2.94. The summed E-state index contributed by atoms with van der Waals surface area (Å²) in [5.74, 6) is -0.205. The molecule has 4 nitrogen and oxygen atoms in total. The number of carbonyl (C=O) groups excluding carboxylic acids is 1. The Balaban J connectivity index is 1.75. The molecule has 4 aromatic carbocycles. The van der Waals surface area contributed by atoms with Gasteiger partial charge in [-0.1, -0.05) is 115 Å². The fourth-order valence-electron chi connectivity index (χ4n) is 4.39. The molecule has 194 valence electrons. The number of ketones is 1. The van der Waals surface area contributed by atoms with E-state index in [2.05, 4.69) is 4.52 Å². The fraction of sp³-hybridized carbons (Fsp3) is 0.129. The van der Waals surface area contributed by atoms with E-state index in [-0.39, 0.29) is 11.5 Å². The number of allylic oxidation sites excluding steroid dienone is 1. The van der Waals surface area contributed by atoms with Gasteiger partial charge in [0.15, 0.2) is 5.78 Å². The first kappa shape index (κ1) is 27.2. The Bertz CT molecular complexity index is 1410. The van der Waals surface area contributed by atoms with Gasteiger partial charge in [-0.2, -0.15) is 8.78 Å². The third-order valence-corrected chi connectivity index (χ3v) is 7.25. The van der Waals surface area contributed by atoms with Crippen LogP contribution in [0.15, 0.2) is 121 Å². The van der Waals surface area contributed by atoms with E-state index in [1.54, 1.807) is 24.3 Å². The van der Waals surface area contributed by atoms with Crippen molar-refractivity contribution in [3.63, 3.8) is 0 Å². The Morgan fingerprint density at radius 3 is 1.97 bits per heavy atom. The van der Waals surface area contributed by atoms with Crippen LogP contribution in [0.2, 0.25) is 0 Å². The zero-order chi connectivity index (χ0) is 27.0. The van der Waals surface area contributed by atoms with Crippen molar-refractivity contribution in [2.45, 2.75) is 24.4 Å². The van der Waals surface area contributed by atoms with Crippen molar-refractivity contribution >= 4 is 19.5 Å². The highest BCUT2D eigenvalue weighted by Gasteiger charge is 2.40. The molecule has 0 aromatic heterocycles. The molecule has 7 heteroatoms. The van der Waals surface area contributed by atoms with Gasteiger partial charge in [0.25, 0.3) is 0 Å². The van der Waals surface area contributed by atoms with Gasteiger partial charge >= 0.3 is 13.8 Å². The Kier molecular flexibility index (Phi) is 8.67. The van der Waals surface area contributed by atoms with Crippen molar-refractivity contribution < 1.29 is 27.6 Å². The maximum absolute atomic E-state index is 14.2. The van der Waals surface area contributed by atoms with E-state index in [1.165, 1.54) is 12.1 Å². The van der Waals surface area contributed by atoms with Crippen LogP contribution in [0.4, 0.5) is 8.78 Å². The molecule has 0 aliphatic heterocycles. The van der Waals surface area contributed by atoms with Gasteiger partial charge < -0.3 is 9.42 Å². The van der Waals surface area contributed by atoms with Crippen molar-refractivity contribution in [3.8, 4) is 5.75 Å². The molecule has 0 aliphatic rings. The van der Waals surface area contributed by atoms with Crippen molar-refractivity contribution in [2.75, 3.05) is 0 Å². The number of halogens is 2. The molecule has 4 rings (SSSR count). The number of Topliss-reactive ketones (excluding diaryl/α,β-unsaturated/α-hetero) is 1. The molecule has 0 bridgehead atoms. The van der Waals surface area contributed by atoms with E-state index in [4.69, 9.17) is 0 Å². The van der Waals surface area contributed by atoms with Crippen LogP contribution < -0.4 is 4.52 Å². The fourth-order valence-corrected chi connectivity index (χ4v) is 4.89. The summed E-state index contributed by atoms with van der Waals surface area (Å²) in [7, 11) is -5.09. The van der Waals surface area contributed by atoms with E-state index in [0.29, 0.717) is 18.4 Å². The smallest absolute Gasteiger partial charge is 0.421 e. The number of hydrogen-bond donors (Lipinski definition) is 1. The van der Waals surface area contributed by atoms with Gasteiger partial charge in [0.2, 0.25) is 0 Å². The molecule has 2 unspecified atom stereocenters. The maximum atomic E-state index is 14.2. The normalized spacial score (nSPS) is 14.6. The van der Waals surface area contributed by atoms with Gasteiger partial charge in [0, 0.05) is 5.56 Å². The highest BCUT2D eigenvalue weighted by atomic mass is 31.2. The topological polar surface area (TPSA) is 63.6 Å². The zero-order valence-corrected chi connectivity index (χ0v) is 21.4. The molecule has 0 aliphatic carbocycles. The SMILES string of the molecule is O=C(c1ccccc1)C(CC=Cc1ccccc1)(Cc1ccc(OP(=O)(O)C(F)F)cc1)c1ccccc1. The number of rotatable bonds is 11. The molecule has 4 aromatic rings. The quantitative estimate of drug-likeness (QED) is 0.157. The van der Waals surface area contributed by atoms with E-state index >= 15 is 0 Å². The monoisotopic (exact) mass is 532 g/mol. The Labute approximate surface area is 220 Å². The van der Waals surface area contributed by atoms with Crippen LogP contribution in [0.5, 0.6) is 5.75 Å². The van der Waals surface area contributed by atoms with Crippen LogP contribution in [0.1, 0.15) is 33.5 Å². The van der Waals surface area contributed by atoms with Crippen LogP contribution in [-0.2, 0) is 16.4 Å². The first-order valence-corrected chi connectivity index (χ1v) is 13.7. The minimum absolute atomic E-state index is 0.0557. The predicted molar refractivity (Wildman–Crippen MR) is 146 cm³/mol. The zero-order valence-electron chi connectivity index (χ0n) is 20.5. The third-order valence-electron chi connectivity index (χ3n) is 6.29. The van der Waals surface area contributed by atoms with Crippen LogP contribution in [0.3, 0.4) is 0 Å². The Hall–Kier alpha value is -3.86. The van der Waals surface area contributed by atoms with Crippen LogP contribution in [0.25, 0.3) is 6.08 Å². The van der Waals surface area contributed by atoms with E-state index < -0.39 is 19.2 Å². The second kappa shape index (κ2) is 12.1. The minimum atomic E-state index is -5.09. The lowest BCUT2D eigenvalue weighted by Gasteiger charge is -2.33. The highest BCUT2D eigenvalue weighted by Crippen LogP contribution is 2.49. The summed E-state index contributed by atoms with van der Waals surface area (Å²) in [6.45, 7) is 0. The average molecular weight is 533 g/mol. The van der Waals surface area contributed by atoms with Crippen LogP contribution >= 0.6 is 7.60 Å². The van der Waals surface area contributed by atoms with Gasteiger partial charge in [-0.25, -0.2) is 4.57 Å². The molecule has 0 fully saturated rings. The standard InChI is InChI=1S/C31H27F2O4P/c32-30(33)38(35,36)37-28-20-18-25(19-21-28)23-31(27-16-8-3-9-17-27,29(34)26-14-6-2-7-15-26)22-10-13-24-11-4-1-5-12-24/h1-21,30H,22-23H2,(H,35,36). The lowest BCUT2D eigenvalue weighted by Crippen LogP contribution is -2.38. The number of hydrogen-bond acceptors (Lipinski definition) is 3. The Morgan fingerprint density at radius 2 is 1.39 bits per heavy atom. The van der Waals surface area contributed by atoms with Gasteiger partial charge in [-0.05, 0) is 41.7 Å². The molecule has 0 heterocycles. The molecule has 0 radical (unpaired) electrons. The van der Waals surface area contributed by atoms with Crippen molar-refractivity contribution in [3.05, 3.63) is 144 Å². The first-order valence-electron chi connectivity index (χ1n) is 12.1. The minimum Gasteiger partial charge on any atom is -0.421 e. The summed E-state index contributed by atoms with van der Waals surface area (Å²) in [5.41, 5.74) is 2.18. The van der Waals surface area contributed by atoms with Crippen LogP contribution in [-0.4, -0.2) is 16.8 Å². The number of benzene rings is 4. The largest absolute Gasteiger partial charge is 0.442 e. The molecule has 0 spiro atoms. The van der Waals surface area contributed by atoms with Gasteiger partial charge in [-0.3, -0.25) is 4.79 Å². The third kappa shape index (κ3) is 6.52. The Morgan fingerprint density at radius 1 is 0.842 bits per heavy atom. The van der Waals surface area contributed by atoms with Gasteiger partial charge in [0.05, 0.1) is 5.41 Å². The molecule has 2 atom stereocenters. The molecule has 0 saturated heterocycles. The molecule has 1 N–H and O–H groups in total. The summed E-state index contributed by atoms with van der Waals surface area (Å²) >= 11 is 0. The van der Waals surface area contributed by atoms with E-state index in [0.717, 1.165) is 16.7 Å². The summed E-state index contributed by atoms with van der Waals surface area (Å²) in [6, 6.07) is 34.4. The lowest BCUT2D eigenvalue weighted by molar-refractivity contribution is 0.0882. The summed E-state index contributed by atoms with van der Waals surface area (Å²) in [5, 5.41) is 0. The number of alkyl halides is 2. The van der Waals surface area contributed by atoms with E-state index in [1.807, 2.05) is 91.0 Å². The highest BCUT2D eigenvalue weighted by molar-refractivity contribution is 7.53. The van der Waals surface area contributed by atoms with Gasteiger partial charge in [0.1, 0.15) is 5.75 Å². The first-order chi connectivity index (χ1) is 18.3. The van der Waals surface area contributed by atoms with Crippen molar-refractivity contribution in [1.29, 1.82) is 0 Å². The van der Waals surface area contributed by atoms with Crippen molar-refractivity contribution in [1.82, 2.24) is 0 Å².